The summed E-state index contributed by atoms with van der Waals surface area (Å²) in [5.74, 6) is -0.970. The zero-order valence-electron chi connectivity index (χ0n) is 11.9. The number of benzene rings is 1. The molecule has 1 aliphatic heterocycles. The quantitative estimate of drug-likeness (QED) is 0.623. The largest absolute Gasteiger partial charge is 0.427 e. The molecule has 0 aliphatic carbocycles. The molecule has 0 bridgehead atoms. The van der Waals surface area contributed by atoms with Crippen molar-refractivity contribution in [2.75, 3.05) is 33.2 Å². The topological polar surface area (TPSA) is 75.9 Å². The predicted molar refractivity (Wildman–Crippen MR) is 73.1 cm³/mol. The van der Waals surface area contributed by atoms with E-state index in [1.165, 1.54) is 6.07 Å². The normalized spacial score (nSPS) is 15.9. The Morgan fingerprint density at radius 1 is 1.32 bits per heavy atom. The molecular formula is C13H15F2N3O4. The minimum absolute atomic E-state index is 0.0887. The van der Waals surface area contributed by atoms with Gasteiger partial charge < -0.3 is 14.5 Å². The lowest BCUT2D eigenvalue weighted by Crippen LogP contribution is -2.47. The first-order valence-corrected chi connectivity index (χ1v) is 6.59. The summed E-state index contributed by atoms with van der Waals surface area (Å²) in [5, 5.41) is 10.8. The third-order valence-electron chi connectivity index (χ3n) is 3.41. The highest BCUT2D eigenvalue weighted by Gasteiger charge is 2.24. The van der Waals surface area contributed by atoms with Gasteiger partial charge in [-0.25, -0.2) is 0 Å². The number of piperazine rings is 1. The first-order valence-electron chi connectivity index (χ1n) is 6.59. The molecule has 2 rings (SSSR count). The first kappa shape index (κ1) is 16.1. The van der Waals surface area contributed by atoms with Crippen molar-refractivity contribution in [3.05, 3.63) is 33.9 Å². The molecule has 0 aromatic heterocycles. The number of rotatable bonds is 4. The standard InChI is InChI=1S/C13H15F2N3O4/c1-16-4-6-17(7-5-16)12(19)9-2-3-10(18(20)21)11(8-9)22-13(14)15/h2-3,8,13H,4-7H2,1H3. The summed E-state index contributed by atoms with van der Waals surface area (Å²) in [7, 11) is 1.93. The van der Waals surface area contributed by atoms with E-state index >= 15 is 0 Å². The molecule has 9 heteroatoms. The molecule has 0 spiro atoms. The van der Waals surface area contributed by atoms with E-state index in [-0.39, 0.29) is 11.5 Å². The Hall–Kier alpha value is -2.29. The molecule has 0 unspecified atom stereocenters. The van der Waals surface area contributed by atoms with E-state index in [4.69, 9.17) is 0 Å². The Morgan fingerprint density at radius 2 is 1.95 bits per heavy atom. The number of hydrogen-bond donors (Lipinski definition) is 0. The summed E-state index contributed by atoms with van der Waals surface area (Å²) in [6.45, 7) is -0.764. The van der Waals surface area contributed by atoms with Crippen LogP contribution in [0.2, 0.25) is 0 Å². The monoisotopic (exact) mass is 315 g/mol. The van der Waals surface area contributed by atoms with Crippen LogP contribution in [0, 0.1) is 10.1 Å². The second-order valence-corrected chi connectivity index (χ2v) is 4.91. The Bertz CT molecular complexity index is 574. The van der Waals surface area contributed by atoms with E-state index in [2.05, 4.69) is 9.64 Å². The fourth-order valence-electron chi connectivity index (χ4n) is 2.18. The summed E-state index contributed by atoms with van der Waals surface area (Å²) >= 11 is 0. The summed E-state index contributed by atoms with van der Waals surface area (Å²) in [6, 6.07) is 3.24. The van der Waals surface area contributed by atoms with Crippen LogP contribution in [0.3, 0.4) is 0 Å². The number of hydrogen-bond acceptors (Lipinski definition) is 5. The molecule has 1 saturated heterocycles. The molecule has 1 aliphatic rings. The van der Waals surface area contributed by atoms with Gasteiger partial charge in [0.1, 0.15) is 0 Å². The van der Waals surface area contributed by atoms with Gasteiger partial charge in [-0.2, -0.15) is 8.78 Å². The summed E-state index contributed by atoms with van der Waals surface area (Å²) in [4.78, 5) is 25.9. The summed E-state index contributed by atoms with van der Waals surface area (Å²) in [6.07, 6.45) is 0. The van der Waals surface area contributed by atoms with Crippen molar-refractivity contribution in [1.82, 2.24) is 9.80 Å². The molecule has 0 N–H and O–H groups in total. The molecule has 0 saturated carbocycles. The molecule has 22 heavy (non-hydrogen) atoms. The second-order valence-electron chi connectivity index (χ2n) is 4.91. The highest BCUT2D eigenvalue weighted by molar-refractivity contribution is 5.95. The van der Waals surface area contributed by atoms with Crippen molar-refractivity contribution >= 4 is 11.6 Å². The van der Waals surface area contributed by atoms with Gasteiger partial charge in [0.05, 0.1) is 4.92 Å². The van der Waals surface area contributed by atoms with Gasteiger partial charge in [-0.1, -0.05) is 0 Å². The Balaban J connectivity index is 2.23. The Morgan fingerprint density at radius 3 is 2.50 bits per heavy atom. The highest BCUT2D eigenvalue weighted by atomic mass is 19.3. The zero-order valence-corrected chi connectivity index (χ0v) is 11.9. The number of alkyl halides is 2. The van der Waals surface area contributed by atoms with Crippen LogP contribution in [0.4, 0.5) is 14.5 Å². The Labute approximate surface area is 125 Å². The highest BCUT2D eigenvalue weighted by Crippen LogP contribution is 2.30. The van der Waals surface area contributed by atoms with Gasteiger partial charge in [0.25, 0.3) is 5.91 Å². The molecular weight excluding hydrogens is 300 g/mol. The van der Waals surface area contributed by atoms with Crippen LogP contribution in [0.1, 0.15) is 10.4 Å². The average Bonchev–Trinajstić information content (AvgIpc) is 2.46. The SMILES string of the molecule is CN1CCN(C(=O)c2ccc([N+](=O)[O-])c(OC(F)F)c2)CC1. The van der Waals surface area contributed by atoms with Crippen LogP contribution >= 0.6 is 0 Å². The molecule has 1 fully saturated rings. The molecule has 1 heterocycles. The van der Waals surface area contributed by atoms with Gasteiger partial charge in [0, 0.05) is 43.9 Å². The number of halogens is 2. The van der Waals surface area contributed by atoms with E-state index in [1.807, 2.05) is 7.05 Å². The lowest BCUT2D eigenvalue weighted by atomic mass is 10.1. The summed E-state index contributed by atoms with van der Waals surface area (Å²) in [5.41, 5.74) is -0.513. The third kappa shape index (κ3) is 3.67. The fourth-order valence-corrected chi connectivity index (χ4v) is 2.18. The molecule has 1 aromatic carbocycles. The molecule has 7 nitrogen and oxygen atoms in total. The van der Waals surface area contributed by atoms with Crippen LogP contribution in [0.15, 0.2) is 18.2 Å². The molecule has 1 amide bonds. The van der Waals surface area contributed by atoms with Gasteiger partial charge in [0.2, 0.25) is 5.75 Å². The molecule has 120 valence electrons. The van der Waals surface area contributed by atoms with Gasteiger partial charge in [0.15, 0.2) is 0 Å². The number of carbonyl (C=O) groups is 1. The third-order valence-corrected chi connectivity index (χ3v) is 3.41. The number of ether oxygens (including phenoxy) is 1. The maximum atomic E-state index is 12.3. The van der Waals surface area contributed by atoms with Crippen molar-refractivity contribution in [3.63, 3.8) is 0 Å². The number of likely N-dealkylation sites (N-methyl/N-ethyl adjacent to an activating group) is 1. The van der Waals surface area contributed by atoms with Gasteiger partial charge in [-0.05, 0) is 13.1 Å². The van der Waals surface area contributed by atoms with Gasteiger partial charge in [-0.15, -0.1) is 0 Å². The van der Waals surface area contributed by atoms with E-state index in [9.17, 15) is 23.7 Å². The number of nitrogens with zero attached hydrogens (tertiary/aromatic N) is 3. The number of nitro groups is 1. The van der Waals surface area contributed by atoms with Crippen molar-refractivity contribution in [3.8, 4) is 5.75 Å². The maximum Gasteiger partial charge on any atom is 0.387 e. The minimum Gasteiger partial charge on any atom is -0.427 e. The Kier molecular flexibility index (Phi) is 4.86. The zero-order chi connectivity index (χ0) is 16.3. The minimum atomic E-state index is -3.20. The molecule has 0 radical (unpaired) electrons. The molecule has 1 aromatic rings. The lowest BCUT2D eigenvalue weighted by molar-refractivity contribution is -0.386. The van der Waals surface area contributed by atoms with Crippen LogP contribution in [-0.4, -0.2) is 60.5 Å². The second kappa shape index (κ2) is 6.65. The summed E-state index contributed by atoms with van der Waals surface area (Å²) < 4.78 is 28.8. The lowest BCUT2D eigenvalue weighted by Gasteiger charge is -2.32. The van der Waals surface area contributed by atoms with Crippen LogP contribution in [0.5, 0.6) is 5.75 Å². The van der Waals surface area contributed by atoms with Gasteiger partial charge in [-0.3, -0.25) is 14.9 Å². The van der Waals surface area contributed by atoms with Crippen molar-refractivity contribution < 1.29 is 23.2 Å². The van der Waals surface area contributed by atoms with E-state index in [0.29, 0.717) is 26.2 Å². The number of carbonyl (C=O) groups excluding carboxylic acids is 1. The number of nitro benzene ring substituents is 1. The van der Waals surface area contributed by atoms with Crippen LogP contribution in [0.25, 0.3) is 0 Å². The molecule has 0 atom stereocenters. The van der Waals surface area contributed by atoms with Crippen molar-refractivity contribution in [1.29, 1.82) is 0 Å². The average molecular weight is 315 g/mol. The van der Waals surface area contributed by atoms with Crippen LogP contribution < -0.4 is 4.74 Å². The fraction of sp³-hybridized carbons (Fsp3) is 0.462. The predicted octanol–water partition coefficient (Wildman–Crippen LogP) is 1.58. The maximum absolute atomic E-state index is 12.3. The van der Waals surface area contributed by atoms with E-state index in [1.54, 1.807) is 4.90 Å². The van der Waals surface area contributed by atoms with Crippen LogP contribution in [-0.2, 0) is 0 Å². The van der Waals surface area contributed by atoms with Gasteiger partial charge >= 0.3 is 12.3 Å². The van der Waals surface area contributed by atoms with Crippen molar-refractivity contribution in [2.24, 2.45) is 0 Å². The number of amides is 1. The van der Waals surface area contributed by atoms with E-state index < -0.39 is 23.0 Å². The van der Waals surface area contributed by atoms with Crippen molar-refractivity contribution in [2.45, 2.75) is 6.61 Å². The smallest absolute Gasteiger partial charge is 0.387 e. The first-order chi connectivity index (χ1) is 10.4. The van der Waals surface area contributed by atoms with E-state index in [0.717, 1.165) is 12.1 Å².